The van der Waals surface area contributed by atoms with Gasteiger partial charge in [0.1, 0.15) is 22.4 Å². The summed E-state index contributed by atoms with van der Waals surface area (Å²) < 4.78 is 47.4. The molecule has 0 unspecified atom stereocenters. The van der Waals surface area contributed by atoms with Crippen LogP contribution in [-0.2, 0) is 14.8 Å². The lowest BCUT2D eigenvalue weighted by atomic mass is 9.88. The fourth-order valence-electron chi connectivity index (χ4n) is 3.42. The van der Waals surface area contributed by atoms with Gasteiger partial charge in [0.2, 0.25) is 5.88 Å². The molecule has 0 aliphatic carbocycles. The van der Waals surface area contributed by atoms with Crippen molar-refractivity contribution in [2.75, 3.05) is 11.4 Å². The smallest absolute Gasteiger partial charge is 0.264 e. The zero-order chi connectivity index (χ0) is 20.2. The summed E-state index contributed by atoms with van der Waals surface area (Å²) in [6.07, 6.45) is 0. The third-order valence-corrected chi connectivity index (χ3v) is 7.28. The Kier molecular flexibility index (Phi) is 4.21. The highest BCUT2D eigenvalue weighted by Crippen LogP contribution is 2.50. The van der Waals surface area contributed by atoms with E-state index in [9.17, 15) is 18.1 Å². The van der Waals surface area contributed by atoms with Gasteiger partial charge >= 0.3 is 0 Å². The SMILES string of the molecule is CN1c2ccccc2C2=C([C@H](c3ccc(F)c(Br)c3)C(C#N)=C(N)O2)S1(=O)=O. The average molecular weight is 462 g/mol. The lowest BCUT2D eigenvalue weighted by Gasteiger charge is -2.36. The molecule has 2 aliphatic heterocycles. The van der Waals surface area contributed by atoms with Crippen LogP contribution in [0.15, 0.2) is 63.3 Å². The Balaban J connectivity index is 2.08. The second kappa shape index (κ2) is 6.36. The third-order valence-electron chi connectivity index (χ3n) is 4.78. The van der Waals surface area contributed by atoms with E-state index in [2.05, 4.69) is 15.9 Å². The molecule has 0 spiro atoms. The number of para-hydroxylation sites is 1. The summed E-state index contributed by atoms with van der Waals surface area (Å²) >= 11 is 3.11. The van der Waals surface area contributed by atoms with Crippen molar-refractivity contribution >= 4 is 37.4 Å². The molecule has 4 rings (SSSR count). The minimum atomic E-state index is -4.02. The molecule has 2 N–H and O–H groups in total. The van der Waals surface area contributed by atoms with Crippen LogP contribution in [0.5, 0.6) is 0 Å². The summed E-state index contributed by atoms with van der Waals surface area (Å²) in [4.78, 5) is -0.0991. The zero-order valence-electron chi connectivity index (χ0n) is 14.5. The van der Waals surface area contributed by atoms with E-state index in [1.807, 2.05) is 6.07 Å². The van der Waals surface area contributed by atoms with Crippen LogP contribution in [0.4, 0.5) is 10.1 Å². The van der Waals surface area contributed by atoms with E-state index in [1.54, 1.807) is 24.3 Å². The maximum absolute atomic E-state index is 13.8. The first-order chi connectivity index (χ1) is 13.3. The lowest BCUT2D eigenvalue weighted by molar-refractivity contribution is 0.357. The van der Waals surface area contributed by atoms with Gasteiger partial charge in [0.25, 0.3) is 10.0 Å². The molecule has 2 aromatic carbocycles. The minimum absolute atomic E-state index is 0.0476. The first-order valence-corrected chi connectivity index (χ1v) is 10.4. The van der Waals surface area contributed by atoms with E-state index in [0.717, 1.165) is 4.31 Å². The van der Waals surface area contributed by atoms with E-state index >= 15 is 0 Å². The van der Waals surface area contributed by atoms with Gasteiger partial charge in [-0.05, 0) is 45.8 Å². The number of rotatable bonds is 1. The van der Waals surface area contributed by atoms with Gasteiger partial charge in [0, 0.05) is 12.6 Å². The fraction of sp³-hybridized carbons (Fsp3) is 0.105. The Labute approximate surface area is 169 Å². The highest BCUT2D eigenvalue weighted by Gasteiger charge is 2.46. The zero-order valence-corrected chi connectivity index (χ0v) is 16.9. The molecule has 2 aliphatic rings. The van der Waals surface area contributed by atoms with Crippen LogP contribution in [0, 0.1) is 17.1 Å². The number of benzene rings is 2. The quantitative estimate of drug-likeness (QED) is 0.700. The number of sulfonamides is 1. The maximum atomic E-state index is 13.8. The van der Waals surface area contributed by atoms with E-state index < -0.39 is 21.8 Å². The lowest BCUT2D eigenvalue weighted by Crippen LogP contribution is -2.37. The topological polar surface area (TPSA) is 96.4 Å². The number of nitrogens with two attached hydrogens (primary N) is 1. The molecule has 0 radical (unpaired) electrons. The average Bonchev–Trinajstić information content (AvgIpc) is 2.67. The Hall–Kier alpha value is -2.83. The minimum Gasteiger partial charge on any atom is -0.439 e. The molecule has 0 saturated carbocycles. The summed E-state index contributed by atoms with van der Waals surface area (Å²) in [7, 11) is -2.59. The van der Waals surface area contributed by atoms with E-state index in [4.69, 9.17) is 10.5 Å². The third kappa shape index (κ3) is 2.52. The second-order valence-corrected chi connectivity index (χ2v) is 9.07. The Morgan fingerprint density at radius 2 is 2.00 bits per heavy atom. The van der Waals surface area contributed by atoms with Crippen molar-refractivity contribution in [1.29, 1.82) is 5.26 Å². The van der Waals surface area contributed by atoms with Crippen molar-refractivity contribution in [3.05, 3.63) is 80.2 Å². The predicted molar refractivity (Wildman–Crippen MR) is 105 cm³/mol. The summed E-state index contributed by atoms with van der Waals surface area (Å²) in [6, 6.07) is 12.9. The van der Waals surface area contributed by atoms with E-state index in [1.165, 1.54) is 25.2 Å². The van der Waals surface area contributed by atoms with Gasteiger partial charge in [0.05, 0.1) is 16.1 Å². The van der Waals surface area contributed by atoms with Crippen molar-refractivity contribution in [1.82, 2.24) is 0 Å². The van der Waals surface area contributed by atoms with Gasteiger partial charge in [-0.15, -0.1) is 0 Å². The van der Waals surface area contributed by atoms with Crippen molar-refractivity contribution in [2.24, 2.45) is 5.73 Å². The monoisotopic (exact) mass is 461 g/mol. The van der Waals surface area contributed by atoms with Crippen LogP contribution >= 0.6 is 15.9 Å². The van der Waals surface area contributed by atoms with Gasteiger partial charge < -0.3 is 10.5 Å². The molecular formula is C19H13BrFN3O3S. The molecule has 28 heavy (non-hydrogen) atoms. The Morgan fingerprint density at radius 1 is 1.29 bits per heavy atom. The normalized spacial score (nSPS) is 20.2. The number of ether oxygens (including phenoxy) is 1. The maximum Gasteiger partial charge on any atom is 0.264 e. The number of hydrogen-bond acceptors (Lipinski definition) is 5. The highest BCUT2D eigenvalue weighted by molar-refractivity contribution is 9.10. The Bertz CT molecular complexity index is 1230. The number of fused-ring (bicyclic) bond motifs is 2. The first-order valence-electron chi connectivity index (χ1n) is 8.12. The summed E-state index contributed by atoms with van der Waals surface area (Å²) in [6.45, 7) is 0. The summed E-state index contributed by atoms with van der Waals surface area (Å²) in [5.74, 6) is -1.63. The molecule has 0 fully saturated rings. The summed E-state index contributed by atoms with van der Waals surface area (Å²) in [5.41, 5.74) is 7.32. The highest BCUT2D eigenvalue weighted by atomic mass is 79.9. The molecular weight excluding hydrogens is 449 g/mol. The molecule has 9 heteroatoms. The molecule has 2 heterocycles. The van der Waals surface area contributed by atoms with Gasteiger partial charge in [-0.3, -0.25) is 4.31 Å². The fourth-order valence-corrected chi connectivity index (χ4v) is 5.47. The standard InChI is InChI=1S/C19H13BrFN3O3S/c1-24-15-5-3-2-4-11(15)17-18(28(24,25)26)16(12(9-22)19(23)27-17)10-6-7-14(21)13(20)8-10/h2-8,16H,23H2,1H3/t16-/m1/s1. The van der Waals surface area contributed by atoms with Gasteiger partial charge in [-0.25, -0.2) is 12.8 Å². The molecule has 0 bridgehead atoms. The van der Waals surface area contributed by atoms with Gasteiger partial charge in [-0.1, -0.05) is 18.2 Å². The molecule has 1 atom stereocenters. The molecule has 2 aromatic rings. The molecule has 6 nitrogen and oxygen atoms in total. The van der Waals surface area contributed by atoms with E-state index in [-0.39, 0.29) is 26.6 Å². The predicted octanol–water partition coefficient (Wildman–Crippen LogP) is 3.54. The van der Waals surface area contributed by atoms with Gasteiger partial charge in [-0.2, -0.15) is 5.26 Å². The number of allylic oxidation sites excluding steroid dienone is 2. The van der Waals surface area contributed by atoms with Crippen LogP contribution in [-0.4, -0.2) is 15.5 Å². The molecule has 0 aromatic heterocycles. The number of hydrogen-bond donors (Lipinski definition) is 1. The molecule has 0 saturated heterocycles. The number of nitriles is 1. The van der Waals surface area contributed by atoms with Crippen molar-refractivity contribution in [3.63, 3.8) is 0 Å². The van der Waals surface area contributed by atoms with Crippen LogP contribution in [0.1, 0.15) is 17.0 Å². The van der Waals surface area contributed by atoms with E-state index in [0.29, 0.717) is 16.8 Å². The van der Waals surface area contributed by atoms with Crippen LogP contribution < -0.4 is 10.0 Å². The second-order valence-electron chi connectivity index (χ2n) is 6.28. The largest absolute Gasteiger partial charge is 0.439 e. The van der Waals surface area contributed by atoms with Crippen molar-refractivity contribution in [3.8, 4) is 6.07 Å². The number of nitrogens with zero attached hydrogens (tertiary/aromatic N) is 2. The van der Waals surface area contributed by atoms with Crippen LogP contribution in [0.3, 0.4) is 0 Å². The molecule has 142 valence electrons. The van der Waals surface area contributed by atoms with Crippen LogP contribution in [0.2, 0.25) is 0 Å². The first kappa shape index (κ1) is 18.5. The van der Waals surface area contributed by atoms with Crippen molar-refractivity contribution in [2.45, 2.75) is 5.92 Å². The van der Waals surface area contributed by atoms with Crippen molar-refractivity contribution < 1.29 is 17.5 Å². The molecule has 0 amide bonds. The number of anilines is 1. The van der Waals surface area contributed by atoms with Gasteiger partial charge in [0.15, 0.2) is 5.76 Å². The number of halogens is 2. The Morgan fingerprint density at radius 3 is 2.68 bits per heavy atom. The summed E-state index contributed by atoms with van der Waals surface area (Å²) in [5, 5.41) is 9.65. The van der Waals surface area contributed by atoms with Crippen LogP contribution in [0.25, 0.3) is 5.76 Å².